The van der Waals surface area contributed by atoms with Crippen LogP contribution in [-0.4, -0.2) is 28.6 Å². The van der Waals surface area contributed by atoms with Crippen LogP contribution in [0.3, 0.4) is 0 Å². The number of nitrogens with zero attached hydrogens (tertiary/aromatic N) is 2. The molecule has 1 heterocycles. The number of carbonyl (C=O) groups excluding carboxylic acids is 1. The number of imidazole rings is 1. The van der Waals surface area contributed by atoms with Crippen molar-refractivity contribution in [1.82, 2.24) is 14.9 Å². The smallest absolute Gasteiger partial charge is 0.224 e. The molecule has 0 saturated carbocycles. The minimum Gasteiger partial charge on any atom is -0.491 e. The molecule has 1 N–H and O–H groups in total. The number of unbranched alkanes of at least 4 members (excludes halogenated alkanes) is 2. The van der Waals surface area contributed by atoms with Gasteiger partial charge in [-0.1, -0.05) is 54.4 Å². The van der Waals surface area contributed by atoms with Gasteiger partial charge < -0.3 is 14.6 Å². The minimum atomic E-state index is 0.0444. The second kappa shape index (κ2) is 12.6. The number of aryl methyl sites for hydroxylation is 2. The molecule has 6 heteroatoms. The Bertz CT molecular complexity index is 1300. The van der Waals surface area contributed by atoms with Crippen LogP contribution in [0.2, 0.25) is 5.02 Å². The van der Waals surface area contributed by atoms with E-state index in [0.29, 0.717) is 24.6 Å². The molecule has 0 spiro atoms. The highest BCUT2D eigenvalue weighted by Crippen LogP contribution is 2.22. The molecule has 3 aromatic carbocycles. The van der Waals surface area contributed by atoms with Crippen LogP contribution >= 0.6 is 11.6 Å². The maximum absolute atomic E-state index is 12.2. The van der Waals surface area contributed by atoms with Gasteiger partial charge in [0.2, 0.25) is 5.91 Å². The number of nitrogens with one attached hydrogen (secondary N) is 1. The molecule has 0 fully saturated rings. The van der Waals surface area contributed by atoms with Crippen molar-refractivity contribution >= 4 is 28.5 Å². The Balaban J connectivity index is 1.25. The van der Waals surface area contributed by atoms with Crippen LogP contribution < -0.4 is 10.1 Å². The lowest BCUT2D eigenvalue weighted by Crippen LogP contribution is -2.26. The molecule has 0 aliphatic carbocycles. The summed E-state index contributed by atoms with van der Waals surface area (Å²) in [6.07, 6.45) is 4.28. The highest BCUT2D eigenvalue weighted by Gasteiger charge is 2.11. The fourth-order valence-corrected chi connectivity index (χ4v) is 4.48. The second-order valence-corrected chi connectivity index (χ2v) is 9.62. The Morgan fingerprint density at radius 3 is 2.61 bits per heavy atom. The van der Waals surface area contributed by atoms with Crippen molar-refractivity contribution in [2.45, 2.75) is 52.5 Å². The third-order valence-electron chi connectivity index (χ3n) is 6.54. The van der Waals surface area contributed by atoms with E-state index < -0.39 is 0 Å². The molecule has 0 radical (unpaired) electrons. The first-order valence-corrected chi connectivity index (χ1v) is 13.0. The molecule has 5 nitrogen and oxygen atoms in total. The molecule has 0 bridgehead atoms. The van der Waals surface area contributed by atoms with Crippen molar-refractivity contribution in [2.24, 2.45) is 0 Å². The van der Waals surface area contributed by atoms with Gasteiger partial charge in [0.25, 0.3) is 0 Å². The van der Waals surface area contributed by atoms with Crippen molar-refractivity contribution < 1.29 is 9.53 Å². The first-order chi connectivity index (χ1) is 17.5. The molecule has 188 valence electrons. The topological polar surface area (TPSA) is 56.1 Å². The number of ether oxygens (including phenoxy) is 1. The number of amides is 1. The largest absolute Gasteiger partial charge is 0.491 e. The second-order valence-electron chi connectivity index (χ2n) is 9.18. The first-order valence-electron chi connectivity index (χ1n) is 12.7. The van der Waals surface area contributed by atoms with Crippen LogP contribution in [0.15, 0.2) is 66.7 Å². The summed E-state index contributed by atoms with van der Waals surface area (Å²) in [5, 5.41) is 3.70. The van der Waals surface area contributed by atoms with E-state index in [2.05, 4.69) is 48.0 Å². The minimum absolute atomic E-state index is 0.0444. The van der Waals surface area contributed by atoms with Gasteiger partial charge in [-0.3, -0.25) is 4.79 Å². The zero-order valence-corrected chi connectivity index (χ0v) is 21.9. The third kappa shape index (κ3) is 6.88. The monoisotopic (exact) mass is 503 g/mol. The van der Waals surface area contributed by atoms with Gasteiger partial charge in [-0.25, -0.2) is 4.98 Å². The number of hydrogen-bond donors (Lipinski definition) is 1. The molecule has 36 heavy (non-hydrogen) atoms. The number of para-hydroxylation sites is 2. The Labute approximate surface area is 218 Å². The van der Waals surface area contributed by atoms with Gasteiger partial charge in [-0.15, -0.1) is 0 Å². The summed E-state index contributed by atoms with van der Waals surface area (Å²) in [6.45, 7) is 6.24. The summed E-state index contributed by atoms with van der Waals surface area (Å²) in [5.74, 6) is 2.08. The Morgan fingerprint density at radius 1 is 0.972 bits per heavy atom. The van der Waals surface area contributed by atoms with E-state index in [1.165, 1.54) is 11.1 Å². The van der Waals surface area contributed by atoms with Crippen LogP contribution in [0.25, 0.3) is 11.0 Å². The number of aromatic nitrogens is 2. The number of hydrogen-bond acceptors (Lipinski definition) is 3. The highest BCUT2D eigenvalue weighted by molar-refractivity contribution is 6.30. The van der Waals surface area contributed by atoms with Gasteiger partial charge in [-0.2, -0.15) is 0 Å². The predicted molar refractivity (Wildman–Crippen MR) is 147 cm³/mol. The van der Waals surface area contributed by atoms with E-state index in [4.69, 9.17) is 21.3 Å². The number of carbonyl (C=O) groups is 1. The van der Waals surface area contributed by atoms with Crippen LogP contribution in [0.4, 0.5) is 0 Å². The molecule has 0 unspecified atom stereocenters. The number of fused-ring (bicyclic) bond motifs is 1. The molecule has 1 aromatic heterocycles. The normalized spacial score (nSPS) is 11.1. The molecule has 4 rings (SSSR count). The predicted octanol–water partition coefficient (Wildman–Crippen LogP) is 6.46. The van der Waals surface area contributed by atoms with Gasteiger partial charge >= 0.3 is 0 Å². The average Bonchev–Trinajstić information content (AvgIpc) is 3.22. The highest BCUT2D eigenvalue weighted by atomic mass is 35.5. The zero-order chi connectivity index (χ0) is 25.3. The lowest BCUT2D eigenvalue weighted by atomic mass is 10.1. The van der Waals surface area contributed by atoms with E-state index in [-0.39, 0.29) is 5.91 Å². The van der Waals surface area contributed by atoms with Crippen LogP contribution in [0, 0.1) is 13.8 Å². The van der Waals surface area contributed by atoms with Crippen molar-refractivity contribution in [3.8, 4) is 5.75 Å². The maximum Gasteiger partial charge on any atom is 0.224 e. The van der Waals surface area contributed by atoms with E-state index in [9.17, 15) is 4.79 Å². The number of benzene rings is 3. The summed E-state index contributed by atoms with van der Waals surface area (Å²) in [5.41, 5.74) is 5.56. The fraction of sp³-hybridized carbons (Fsp3) is 0.333. The summed E-state index contributed by atoms with van der Waals surface area (Å²) >= 11 is 5.91. The SMILES string of the molecule is Cc1cccc(OCCn2c(CCCCCNC(=O)Cc3ccc(Cl)cc3)nc3ccccc32)c1C. The Morgan fingerprint density at radius 2 is 1.78 bits per heavy atom. The van der Waals surface area contributed by atoms with Crippen LogP contribution in [-0.2, 0) is 24.2 Å². The first kappa shape index (κ1) is 25.8. The number of rotatable bonds is 12. The van der Waals surface area contributed by atoms with Crippen molar-refractivity contribution in [1.29, 1.82) is 0 Å². The van der Waals surface area contributed by atoms with Gasteiger partial charge in [0.15, 0.2) is 0 Å². The van der Waals surface area contributed by atoms with Crippen LogP contribution in [0.5, 0.6) is 5.75 Å². The van der Waals surface area contributed by atoms with Crippen molar-refractivity contribution in [2.75, 3.05) is 13.2 Å². The molecule has 0 atom stereocenters. The molecular formula is C30H34ClN3O2. The lowest BCUT2D eigenvalue weighted by Gasteiger charge is -2.13. The van der Waals surface area contributed by atoms with E-state index in [0.717, 1.165) is 60.4 Å². The maximum atomic E-state index is 12.2. The van der Waals surface area contributed by atoms with Gasteiger partial charge in [-0.05, 0) is 73.7 Å². The Kier molecular flexibility index (Phi) is 9.01. The van der Waals surface area contributed by atoms with E-state index in [1.54, 1.807) is 0 Å². The number of halogens is 1. The Hall–Kier alpha value is -3.31. The van der Waals surface area contributed by atoms with Gasteiger partial charge in [0.05, 0.1) is 24.0 Å². The molecular weight excluding hydrogens is 470 g/mol. The summed E-state index contributed by atoms with van der Waals surface area (Å²) in [6, 6.07) is 21.9. The van der Waals surface area contributed by atoms with Gasteiger partial charge in [0, 0.05) is 18.0 Å². The van der Waals surface area contributed by atoms with Crippen molar-refractivity contribution in [3.05, 3.63) is 94.3 Å². The third-order valence-corrected chi connectivity index (χ3v) is 6.79. The fourth-order valence-electron chi connectivity index (χ4n) is 4.36. The zero-order valence-electron chi connectivity index (χ0n) is 21.1. The molecule has 0 aliphatic heterocycles. The average molecular weight is 504 g/mol. The molecule has 4 aromatic rings. The van der Waals surface area contributed by atoms with E-state index in [1.807, 2.05) is 42.5 Å². The summed E-state index contributed by atoms with van der Waals surface area (Å²) < 4.78 is 8.41. The summed E-state index contributed by atoms with van der Waals surface area (Å²) in [4.78, 5) is 17.1. The summed E-state index contributed by atoms with van der Waals surface area (Å²) in [7, 11) is 0. The van der Waals surface area contributed by atoms with Crippen molar-refractivity contribution in [3.63, 3.8) is 0 Å². The van der Waals surface area contributed by atoms with Crippen LogP contribution in [0.1, 0.15) is 41.8 Å². The van der Waals surface area contributed by atoms with Gasteiger partial charge in [0.1, 0.15) is 18.2 Å². The standard InChI is InChI=1S/C30H34ClN3O2/c1-22-9-8-12-28(23(22)2)36-20-19-34-27-11-6-5-10-26(27)33-29(34)13-4-3-7-18-32-30(35)21-24-14-16-25(31)17-15-24/h5-6,8-12,14-17H,3-4,7,13,18-21H2,1-2H3,(H,32,35). The molecule has 1 amide bonds. The quantitative estimate of drug-likeness (QED) is 0.226. The lowest BCUT2D eigenvalue weighted by molar-refractivity contribution is -0.120. The van der Waals surface area contributed by atoms with E-state index >= 15 is 0 Å². The molecule has 0 saturated heterocycles. The molecule has 0 aliphatic rings.